The Bertz CT molecular complexity index is 789. The third-order valence-corrected chi connectivity index (χ3v) is 5.81. The van der Waals surface area contributed by atoms with Crippen LogP contribution in [0.5, 0.6) is 0 Å². The predicted octanol–water partition coefficient (Wildman–Crippen LogP) is 4.00. The number of aliphatic hydroxyl groups excluding tert-OH is 1. The van der Waals surface area contributed by atoms with E-state index in [1.165, 1.54) is 17.7 Å². The van der Waals surface area contributed by atoms with E-state index in [-0.39, 0.29) is 12.5 Å². The quantitative estimate of drug-likeness (QED) is 0.644. The van der Waals surface area contributed by atoms with Crippen molar-refractivity contribution < 1.29 is 9.90 Å². The number of H-pyrrole nitrogens is 1. The van der Waals surface area contributed by atoms with Crippen molar-refractivity contribution in [2.75, 3.05) is 13.2 Å². The van der Waals surface area contributed by atoms with Crippen molar-refractivity contribution in [3.63, 3.8) is 0 Å². The Labute approximate surface area is 162 Å². The maximum Gasteiger partial charge on any atom is 0.267 e. The third kappa shape index (κ3) is 4.89. The van der Waals surface area contributed by atoms with Crippen LogP contribution in [0.1, 0.15) is 74.6 Å². The fraction of sp³-hybridized carbons (Fsp3) is 0.636. The average molecular weight is 372 g/mol. The molecular formula is C22H33N3O2. The number of fused-ring (bicyclic) bond motifs is 2. The first-order valence-corrected chi connectivity index (χ1v) is 10.3. The second-order valence-corrected chi connectivity index (χ2v) is 8.91. The van der Waals surface area contributed by atoms with Crippen LogP contribution in [0, 0.1) is 11.3 Å². The predicted molar refractivity (Wildman–Crippen MR) is 109 cm³/mol. The molecule has 3 N–H and O–H groups in total. The van der Waals surface area contributed by atoms with Gasteiger partial charge in [0, 0.05) is 18.8 Å². The number of nitrogens with one attached hydrogen (secondary N) is 2. The van der Waals surface area contributed by atoms with E-state index in [1.54, 1.807) is 0 Å². The summed E-state index contributed by atoms with van der Waals surface area (Å²) in [6.07, 6.45) is 7.07. The summed E-state index contributed by atoms with van der Waals surface area (Å²) in [5.41, 5.74) is 5.25. The van der Waals surface area contributed by atoms with E-state index in [2.05, 4.69) is 37.1 Å². The number of carbonyl (C=O) groups excluding carboxylic acids is 1. The Morgan fingerprint density at radius 1 is 1.26 bits per heavy atom. The number of nitrogens with zero attached hydrogens (tertiary/aromatic N) is 1. The molecule has 0 radical (unpaired) electrons. The molecule has 1 amide bonds. The molecule has 0 fully saturated rings. The lowest BCUT2D eigenvalue weighted by atomic mass is 9.71. The first-order chi connectivity index (χ1) is 12.9. The second kappa shape index (κ2) is 8.42. The Kier molecular flexibility index (Phi) is 6.20. The van der Waals surface area contributed by atoms with Gasteiger partial charge in [-0.2, -0.15) is 0 Å². The molecule has 0 spiro atoms. The summed E-state index contributed by atoms with van der Waals surface area (Å²) >= 11 is 0. The van der Waals surface area contributed by atoms with Crippen molar-refractivity contribution in [1.82, 2.24) is 15.3 Å². The number of aromatic nitrogens is 2. The zero-order valence-electron chi connectivity index (χ0n) is 16.9. The molecule has 148 valence electrons. The van der Waals surface area contributed by atoms with E-state index in [0.717, 1.165) is 49.6 Å². The van der Waals surface area contributed by atoms with E-state index < -0.39 is 0 Å². The highest BCUT2D eigenvalue weighted by Crippen LogP contribution is 2.37. The zero-order chi connectivity index (χ0) is 19.4. The van der Waals surface area contributed by atoms with Gasteiger partial charge < -0.3 is 15.4 Å². The number of aryl methyl sites for hydroxylation is 1. The average Bonchev–Trinajstić information content (AvgIpc) is 3.04. The van der Waals surface area contributed by atoms with Gasteiger partial charge in [0.05, 0.1) is 11.0 Å². The Balaban J connectivity index is 1.65. The standard InChI is InChI=1S/C22H33N3O2/c1-22(2,3)16-8-9-17-15(12-16)13-18-19(24-17)14-20(25-18)21(27)23-10-6-4-5-7-11-26/h13-14,16,25-26H,4-12H2,1-3H3,(H,23,27). The molecule has 3 rings (SSSR count). The lowest BCUT2D eigenvalue weighted by molar-refractivity contribution is 0.0948. The van der Waals surface area contributed by atoms with Gasteiger partial charge in [0.2, 0.25) is 0 Å². The maximum atomic E-state index is 12.4. The van der Waals surface area contributed by atoms with Crippen molar-refractivity contribution in [3.8, 4) is 0 Å². The van der Waals surface area contributed by atoms with Crippen LogP contribution in [0.15, 0.2) is 12.1 Å². The topological polar surface area (TPSA) is 78.0 Å². The lowest BCUT2D eigenvalue weighted by Gasteiger charge is -2.34. The number of unbranched alkanes of at least 4 members (excludes halogenated alkanes) is 3. The minimum Gasteiger partial charge on any atom is -0.396 e. The monoisotopic (exact) mass is 371 g/mol. The number of amides is 1. The third-order valence-electron chi connectivity index (χ3n) is 5.81. The normalized spacial score (nSPS) is 17.1. The summed E-state index contributed by atoms with van der Waals surface area (Å²) in [6, 6.07) is 4.06. The van der Waals surface area contributed by atoms with E-state index in [1.807, 2.05) is 6.07 Å². The van der Waals surface area contributed by atoms with Crippen LogP contribution in [-0.4, -0.2) is 34.1 Å². The number of aromatic amines is 1. The number of carbonyl (C=O) groups is 1. The van der Waals surface area contributed by atoms with Crippen molar-refractivity contribution in [2.45, 2.75) is 65.7 Å². The molecule has 1 aliphatic carbocycles. The molecule has 1 unspecified atom stereocenters. The fourth-order valence-corrected chi connectivity index (χ4v) is 3.96. The Morgan fingerprint density at radius 3 is 2.78 bits per heavy atom. The number of rotatable bonds is 7. The van der Waals surface area contributed by atoms with Gasteiger partial charge in [-0.1, -0.05) is 33.6 Å². The van der Waals surface area contributed by atoms with Gasteiger partial charge in [0.1, 0.15) is 5.69 Å². The Hall–Kier alpha value is -1.88. The molecule has 1 atom stereocenters. The molecule has 5 heteroatoms. The number of pyridine rings is 1. The second-order valence-electron chi connectivity index (χ2n) is 8.91. The molecule has 0 saturated carbocycles. The van der Waals surface area contributed by atoms with Crippen LogP contribution in [0.3, 0.4) is 0 Å². The smallest absolute Gasteiger partial charge is 0.267 e. The highest BCUT2D eigenvalue weighted by molar-refractivity contribution is 5.97. The molecule has 2 aromatic rings. The first kappa shape index (κ1) is 19.9. The Morgan fingerprint density at radius 2 is 2.04 bits per heavy atom. The molecule has 0 saturated heterocycles. The summed E-state index contributed by atoms with van der Waals surface area (Å²) in [5, 5.41) is 11.8. The van der Waals surface area contributed by atoms with Crippen molar-refractivity contribution in [1.29, 1.82) is 0 Å². The molecule has 2 aromatic heterocycles. The largest absolute Gasteiger partial charge is 0.396 e. The molecule has 1 aliphatic rings. The minimum absolute atomic E-state index is 0.0688. The summed E-state index contributed by atoms with van der Waals surface area (Å²) in [5.74, 6) is 0.605. The number of hydrogen-bond acceptors (Lipinski definition) is 3. The molecule has 0 bridgehead atoms. The van der Waals surface area contributed by atoms with Crippen LogP contribution in [0.2, 0.25) is 0 Å². The van der Waals surface area contributed by atoms with Crippen molar-refractivity contribution in [2.24, 2.45) is 11.3 Å². The molecule has 2 heterocycles. The molecule has 27 heavy (non-hydrogen) atoms. The van der Waals surface area contributed by atoms with Gasteiger partial charge in [-0.05, 0) is 61.1 Å². The van der Waals surface area contributed by atoms with Gasteiger partial charge in [0.15, 0.2) is 0 Å². The van der Waals surface area contributed by atoms with Gasteiger partial charge in [-0.25, -0.2) is 0 Å². The molecule has 5 nitrogen and oxygen atoms in total. The minimum atomic E-state index is -0.0688. The van der Waals surface area contributed by atoms with E-state index >= 15 is 0 Å². The number of aliphatic hydroxyl groups is 1. The zero-order valence-corrected chi connectivity index (χ0v) is 16.9. The fourth-order valence-electron chi connectivity index (χ4n) is 3.96. The first-order valence-electron chi connectivity index (χ1n) is 10.3. The van der Waals surface area contributed by atoms with Gasteiger partial charge in [0.25, 0.3) is 5.91 Å². The maximum absolute atomic E-state index is 12.4. The van der Waals surface area contributed by atoms with Crippen LogP contribution >= 0.6 is 0 Å². The van der Waals surface area contributed by atoms with E-state index in [0.29, 0.717) is 23.6 Å². The van der Waals surface area contributed by atoms with Crippen LogP contribution in [0.4, 0.5) is 0 Å². The van der Waals surface area contributed by atoms with E-state index in [4.69, 9.17) is 10.1 Å². The van der Waals surface area contributed by atoms with Crippen molar-refractivity contribution >= 4 is 16.9 Å². The van der Waals surface area contributed by atoms with Gasteiger partial charge in [-0.3, -0.25) is 9.78 Å². The van der Waals surface area contributed by atoms with Gasteiger partial charge >= 0.3 is 0 Å². The van der Waals surface area contributed by atoms with Crippen molar-refractivity contribution in [3.05, 3.63) is 29.1 Å². The molecule has 0 aromatic carbocycles. The summed E-state index contributed by atoms with van der Waals surface area (Å²) in [7, 11) is 0. The molecule has 0 aliphatic heterocycles. The lowest BCUT2D eigenvalue weighted by Crippen LogP contribution is -2.27. The highest BCUT2D eigenvalue weighted by atomic mass is 16.2. The van der Waals surface area contributed by atoms with Crippen LogP contribution < -0.4 is 5.32 Å². The highest BCUT2D eigenvalue weighted by Gasteiger charge is 2.29. The number of hydrogen-bond donors (Lipinski definition) is 3. The summed E-state index contributed by atoms with van der Waals surface area (Å²) in [4.78, 5) is 20.5. The summed E-state index contributed by atoms with van der Waals surface area (Å²) in [6.45, 7) is 7.85. The van der Waals surface area contributed by atoms with Crippen LogP contribution in [-0.2, 0) is 12.8 Å². The van der Waals surface area contributed by atoms with E-state index in [9.17, 15) is 4.79 Å². The molecular weight excluding hydrogens is 338 g/mol. The van der Waals surface area contributed by atoms with Gasteiger partial charge in [-0.15, -0.1) is 0 Å². The summed E-state index contributed by atoms with van der Waals surface area (Å²) < 4.78 is 0. The van der Waals surface area contributed by atoms with Crippen LogP contribution in [0.25, 0.3) is 11.0 Å². The SMILES string of the molecule is CC(C)(C)C1CCc2nc3cc(C(=O)NCCCCCCO)[nH]c3cc2C1.